The Morgan fingerprint density at radius 2 is 2.04 bits per heavy atom. The minimum absolute atomic E-state index is 0.0182. The van der Waals surface area contributed by atoms with Crippen LogP contribution in [0.5, 0.6) is 0 Å². The fourth-order valence-corrected chi connectivity index (χ4v) is 3.35. The van der Waals surface area contributed by atoms with Crippen molar-refractivity contribution in [2.24, 2.45) is 7.05 Å². The Morgan fingerprint density at radius 1 is 1.32 bits per heavy atom. The Morgan fingerprint density at radius 3 is 2.68 bits per heavy atom. The largest absolute Gasteiger partial charge is 0.399 e. The highest BCUT2D eigenvalue weighted by Gasteiger charge is 2.32. The van der Waals surface area contributed by atoms with Gasteiger partial charge in [0.1, 0.15) is 6.04 Å². The normalized spacial score (nSPS) is 20.0. The summed E-state index contributed by atoms with van der Waals surface area (Å²) in [5, 5.41) is 7.45. The zero-order valence-corrected chi connectivity index (χ0v) is 15.0. The minimum atomic E-state index is -0.240. The molecule has 7 heteroatoms. The summed E-state index contributed by atoms with van der Waals surface area (Å²) in [6.45, 7) is 4.66. The third-order valence-electron chi connectivity index (χ3n) is 4.83. The van der Waals surface area contributed by atoms with Gasteiger partial charge in [-0.25, -0.2) is 10.9 Å². The summed E-state index contributed by atoms with van der Waals surface area (Å²) in [7, 11) is 1.94. The number of aromatic nitrogens is 2. The predicted molar refractivity (Wildman–Crippen MR) is 97.7 cm³/mol. The number of nitrogen functional groups attached to an aromatic ring is 1. The fraction of sp³-hybridized carbons (Fsp3) is 0.444. The number of carbonyl (C=O) groups is 1. The Hall–Kier alpha value is -2.38. The zero-order valence-electron chi connectivity index (χ0n) is 15.0. The van der Waals surface area contributed by atoms with Gasteiger partial charge in [0.25, 0.3) is 0 Å². The molecule has 25 heavy (non-hydrogen) atoms. The number of hydrogen-bond acceptors (Lipinski definition) is 5. The highest BCUT2D eigenvalue weighted by atomic mass is 16.2. The van der Waals surface area contributed by atoms with Gasteiger partial charge in [-0.2, -0.15) is 5.10 Å². The molecule has 0 aliphatic carbocycles. The van der Waals surface area contributed by atoms with Crippen LogP contribution >= 0.6 is 0 Å². The van der Waals surface area contributed by atoms with Gasteiger partial charge in [0.2, 0.25) is 5.91 Å². The number of benzene rings is 1. The number of carbonyl (C=O) groups excluding carboxylic acids is 1. The van der Waals surface area contributed by atoms with Crippen molar-refractivity contribution in [3.63, 3.8) is 0 Å². The molecular formula is C18H26N6O. The van der Waals surface area contributed by atoms with E-state index in [1.165, 1.54) is 5.56 Å². The van der Waals surface area contributed by atoms with Crippen LogP contribution in [0.15, 0.2) is 24.3 Å². The lowest BCUT2D eigenvalue weighted by molar-refractivity contribution is -0.122. The molecule has 1 aliphatic heterocycles. The predicted octanol–water partition coefficient (Wildman–Crippen LogP) is 0.886. The molecule has 0 radical (unpaired) electrons. The van der Waals surface area contributed by atoms with Crippen molar-refractivity contribution < 1.29 is 4.79 Å². The molecule has 1 fully saturated rings. The summed E-state index contributed by atoms with van der Waals surface area (Å²) in [5.74, 6) is 0.0182. The third-order valence-corrected chi connectivity index (χ3v) is 4.83. The van der Waals surface area contributed by atoms with E-state index in [1.54, 1.807) is 0 Å². The first-order valence-corrected chi connectivity index (χ1v) is 8.59. The van der Waals surface area contributed by atoms with Gasteiger partial charge in [0.05, 0.1) is 11.7 Å². The SMILES string of the molecule is Cc1nn(C)c(C)c1C1CC(C(=O)NCCc2ccc(N)cc2)NN1. The second-order valence-corrected chi connectivity index (χ2v) is 6.62. The lowest BCUT2D eigenvalue weighted by Crippen LogP contribution is -2.43. The molecule has 0 saturated carbocycles. The van der Waals surface area contributed by atoms with E-state index in [9.17, 15) is 4.79 Å². The maximum atomic E-state index is 12.4. The molecule has 7 nitrogen and oxygen atoms in total. The lowest BCUT2D eigenvalue weighted by atomic mass is 10.00. The number of anilines is 1. The Kier molecular flexibility index (Phi) is 5.06. The van der Waals surface area contributed by atoms with E-state index in [2.05, 4.69) is 28.2 Å². The molecule has 3 rings (SSSR count). The van der Waals surface area contributed by atoms with Crippen LogP contribution in [0.4, 0.5) is 5.69 Å². The third kappa shape index (κ3) is 3.83. The molecule has 1 saturated heterocycles. The molecule has 2 aromatic rings. The summed E-state index contributed by atoms with van der Waals surface area (Å²) in [5.41, 5.74) is 17.2. The Balaban J connectivity index is 1.51. The van der Waals surface area contributed by atoms with Crippen LogP contribution in [0, 0.1) is 13.8 Å². The smallest absolute Gasteiger partial charge is 0.238 e. The molecular weight excluding hydrogens is 316 g/mol. The second-order valence-electron chi connectivity index (χ2n) is 6.62. The average molecular weight is 342 g/mol. The first-order chi connectivity index (χ1) is 12.0. The number of nitrogens with one attached hydrogen (secondary N) is 3. The summed E-state index contributed by atoms with van der Waals surface area (Å²) in [6.07, 6.45) is 1.50. The van der Waals surface area contributed by atoms with Crippen LogP contribution in [0.1, 0.15) is 35.0 Å². The van der Waals surface area contributed by atoms with Crippen LogP contribution in [-0.4, -0.2) is 28.3 Å². The van der Waals surface area contributed by atoms with Gasteiger partial charge in [0, 0.05) is 30.5 Å². The number of nitrogens with zero attached hydrogens (tertiary/aromatic N) is 2. The number of hydrazine groups is 1. The molecule has 2 atom stereocenters. The van der Waals surface area contributed by atoms with Crippen molar-refractivity contribution in [1.82, 2.24) is 25.9 Å². The van der Waals surface area contributed by atoms with Gasteiger partial charge in [0.15, 0.2) is 0 Å². The standard InChI is InChI=1S/C18H26N6O/c1-11-17(12(2)24(3)23-11)15-10-16(22-21-15)18(25)20-9-8-13-4-6-14(19)7-5-13/h4-7,15-16,21-22H,8-10,19H2,1-3H3,(H,20,25). The minimum Gasteiger partial charge on any atom is -0.399 e. The number of aryl methyl sites for hydroxylation is 2. The maximum Gasteiger partial charge on any atom is 0.238 e. The van der Waals surface area contributed by atoms with Crippen molar-refractivity contribution in [2.45, 2.75) is 38.8 Å². The zero-order chi connectivity index (χ0) is 18.0. The molecule has 0 spiro atoms. The summed E-state index contributed by atoms with van der Waals surface area (Å²) in [6, 6.07) is 7.59. The van der Waals surface area contributed by atoms with E-state index in [1.807, 2.05) is 42.9 Å². The second kappa shape index (κ2) is 7.25. The molecule has 1 aromatic carbocycles. The topological polar surface area (TPSA) is 97.0 Å². The van der Waals surface area contributed by atoms with Crippen molar-refractivity contribution in [3.05, 3.63) is 46.8 Å². The number of rotatable bonds is 5. The van der Waals surface area contributed by atoms with Gasteiger partial charge >= 0.3 is 0 Å². The monoisotopic (exact) mass is 342 g/mol. The highest BCUT2D eigenvalue weighted by Crippen LogP contribution is 2.27. The molecule has 1 amide bonds. The van der Waals surface area contributed by atoms with Gasteiger partial charge < -0.3 is 11.1 Å². The van der Waals surface area contributed by atoms with Crippen molar-refractivity contribution in [1.29, 1.82) is 0 Å². The van der Waals surface area contributed by atoms with E-state index >= 15 is 0 Å². The first-order valence-electron chi connectivity index (χ1n) is 8.59. The quantitative estimate of drug-likeness (QED) is 0.605. The lowest BCUT2D eigenvalue weighted by Gasteiger charge is -2.11. The summed E-state index contributed by atoms with van der Waals surface area (Å²) < 4.78 is 1.88. The number of nitrogens with two attached hydrogens (primary N) is 1. The van der Waals surface area contributed by atoms with E-state index in [0.717, 1.165) is 29.1 Å². The summed E-state index contributed by atoms with van der Waals surface area (Å²) in [4.78, 5) is 12.4. The van der Waals surface area contributed by atoms with Crippen LogP contribution in [0.2, 0.25) is 0 Å². The summed E-state index contributed by atoms with van der Waals surface area (Å²) >= 11 is 0. The Bertz CT molecular complexity index is 752. The van der Waals surface area contributed by atoms with Crippen LogP contribution in [0.25, 0.3) is 0 Å². The van der Waals surface area contributed by atoms with Crippen molar-refractivity contribution in [3.8, 4) is 0 Å². The van der Waals surface area contributed by atoms with Gasteiger partial charge in [-0.15, -0.1) is 0 Å². The van der Waals surface area contributed by atoms with Gasteiger partial charge in [-0.3, -0.25) is 9.48 Å². The molecule has 2 unspecified atom stereocenters. The van der Waals surface area contributed by atoms with E-state index in [-0.39, 0.29) is 18.0 Å². The molecule has 2 heterocycles. The van der Waals surface area contributed by atoms with E-state index in [4.69, 9.17) is 5.73 Å². The Labute approximate surface area is 147 Å². The van der Waals surface area contributed by atoms with Crippen LogP contribution in [0.3, 0.4) is 0 Å². The molecule has 134 valence electrons. The van der Waals surface area contributed by atoms with E-state index < -0.39 is 0 Å². The van der Waals surface area contributed by atoms with E-state index in [0.29, 0.717) is 13.0 Å². The maximum absolute atomic E-state index is 12.4. The molecule has 5 N–H and O–H groups in total. The average Bonchev–Trinajstić information content (AvgIpc) is 3.14. The molecule has 1 aliphatic rings. The molecule has 0 bridgehead atoms. The van der Waals surface area contributed by atoms with Gasteiger partial charge in [-0.1, -0.05) is 12.1 Å². The fourth-order valence-electron chi connectivity index (χ4n) is 3.35. The van der Waals surface area contributed by atoms with Crippen LogP contribution in [-0.2, 0) is 18.3 Å². The van der Waals surface area contributed by atoms with Gasteiger partial charge in [-0.05, 0) is 44.4 Å². The molecule has 1 aromatic heterocycles. The number of amides is 1. The highest BCUT2D eigenvalue weighted by molar-refractivity contribution is 5.82. The van der Waals surface area contributed by atoms with Crippen molar-refractivity contribution >= 4 is 11.6 Å². The number of hydrogen-bond donors (Lipinski definition) is 4. The van der Waals surface area contributed by atoms with Crippen LogP contribution < -0.4 is 21.9 Å². The first kappa shape index (κ1) is 17.4. The van der Waals surface area contributed by atoms with Crippen molar-refractivity contribution in [2.75, 3.05) is 12.3 Å².